The van der Waals surface area contributed by atoms with Gasteiger partial charge in [0, 0.05) is 26.2 Å². The van der Waals surface area contributed by atoms with Gasteiger partial charge in [0.25, 0.3) is 5.91 Å². The van der Waals surface area contributed by atoms with E-state index in [1.54, 1.807) is 43.7 Å². The maximum atomic E-state index is 12.9. The Labute approximate surface area is 187 Å². The van der Waals surface area contributed by atoms with Gasteiger partial charge in [-0.2, -0.15) is 0 Å². The molecule has 2 amide bonds. The molecule has 0 saturated carbocycles. The third-order valence-corrected chi connectivity index (χ3v) is 5.51. The molecular formula is C22H29N5O5. The van der Waals surface area contributed by atoms with Crippen LogP contribution in [0.1, 0.15) is 35.9 Å². The van der Waals surface area contributed by atoms with E-state index in [0.717, 1.165) is 6.42 Å². The van der Waals surface area contributed by atoms with Gasteiger partial charge in [-0.3, -0.25) is 14.4 Å². The number of methoxy groups -OCH3 is 1. The van der Waals surface area contributed by atoms with Crippen LogP contribution in [0.5, 0.6) is 5.75 Å². The van der Waals surface area contributed by atoms with E-state index in [1.807, 2.05) is 18.2 Å². The number of piperidine rings is 1. The van der Waals surface area contributed by atoms with Crippen molar-refractivity contribution in [3.63, 3.8) is 0 Å². The van der Waals surface area contributed by atoms with Crippen molar-refractivity contribution >= 4 is 17.8 Å². The van der Waals surface area contributed by atoms with Crippen LogP contribution in [0, 0.1) is 12.8 Å². The molecule has 1 atom stereocenters. The van der Waals surface area contributed by atoms with Gasteiger partial charge in [0.05, 0.1) is 37.6 Å². The van der Waals surface area contributed by atoms with Crippen LogP contribution in [0.25, 0.3) is 5.69 Å². The second-order valence-electron chi connectivity index (χ2n) is 7.73. The summed E-state index contributed by atoms with van der Waals surface area (Å²) in [5.41, 5.74) is 1.44. The number of carbonyl (C=O) groups is 3. The number of esters is 1. The summed E-state index contributed by atoms with van der Waals surface area (Å²) in [5, 5.41) is 8.14. The van der Waals surface area contributed by atoms with E-state index in [4.69, 9.17) is 9.47 Å². The molecule has 2 heterocycles. The van der Waals surface area contributed by atoms with Gasteiger partial charge >= 0.3 is 5.97 Å². The van der Waals surface area contributed by atoms with Gasteiger partial charge in [0.1, 0.15) is 5.75 Å². The standard InChI is InChI=1S/C22H29N5O5/c1-5-32-22(30)16-8-7-11-26(13-16)19(28)14-25(3)21(29)20-15(2)27(24-23-20)17-9-6-10-18(12-17)31-4/h6,9-10,12,16H,5,7-8,11,13-14H2,1-4H3. The number of likely N-dealkylation sites (N-methyl/N-ethyl adjacent to an activating group) is 1. The van der Waals surface area contributed by atoms with E-state index in [-0.39, 0.29) is 30.0 Å². The van der Waals surface area contributed by atoms with Gasteiger partial charge < -0.3 is 19.3 Å². The fourth-order valence-electron chi connectivity index (χ4n) is 3.73. The predicted molar refractivity (Wildman–Crippen MR) is 116 cm³/mol. The monoisotopic (exact) mass is 443 g/mol. The molecule has 1 aliphatic heterocycles. The minimum atomic E-state index is -0.399. The molecule has 172 valence electrons. The SMILES string of the molecule is CCOC(=O)C1CCCN(C(=O)CN(C)C(=O)c2nnn(-c3cccc(OC)c3)c2C)C1. The minimum Gasteiger partial charge on any atom is -0.497 e. The molecule has 0 bridgehead atoms. The zero-order valence-corrected chi connectivity index (χ0v) is 18.9. The first kappa shape index (κ1) is 23.2. The van der Waals surface area contributed by atoms with Crippen molar-refractivity contribution in [1.29, 1.82) is 0 Å². The van der Waals surface area contributed by atoms with Gasteiger partial charge in [0.15, 0.2) is 5.69 Å². The molecule has 1 fully saturated rings. The van der Waals surface area contributed by atoms with Crippen molar-refractivity contribution in [2.45, 2.75) is 26.7 Å². The van der Waals surface area contributed by atoms with E-state index in [0.29, 0.717) is 43.2 Å². The summed E-state index contributed by atoms with van der Waals surface area (Å²) in [6.07, 6.45) is 1.42. The van der Waals surface area contributed by atoms with Crippen molar-refractivity contribution in [1.82, 2.24) is 24.8 Å². The Kier molecular flexibility index (Phi) is 7.45. The summed E-state index contributed by atoms with van der Waals surface area (Å²) in [6, 6.07) is 7.26. The van der Waals surface area contributed by atoms with Gasteiger partial charge in [-0.15, -0.1) is 5.10 Å². The zero-order valence-electron chi connectivity index (χ0n) is 18.9. The molecule has 1 aromatic heterocycles. The highest BCUT2D eigenvalue weighted by Gasteiger charge is 2.31. The summed E-state index contributed by atoms with van der Waals surface area (Å²) >= 11 is 0. The van der Waals surface area contributed by atoms with Crippen molar-refractivity contribution < 1.29 is 23.9 Å². The first-order valence-electron chi connectivity index (χ1n) is 10.6. The van der Waals surface area contributed by atoms with Crippen LogP contribution in [0.4, 0.5) is 0 Å². The Balaban J connectivity index is 1.66. The van der Waals surface area contributed by atoms with Crippen LogP contribution in [-0.2, 0) is 14.3 Å². The number of nitrogens with zero attached hydrogens (tertiary/aromatic N) is 5. The number of hydrogen-bond donors (Lipinski definition) is 0. The first-order chi connectivity index (χ1) is 15.3. The number of likely N-dealkylation sites (tertiary alicyclic amines) is 1. The first-order valence-corrected chi connectivity index (χ1v) is 10.6. The molecule has 1 aliphatic rings. The highest BCUT2D eigenvalue weighted by molar-refractivity contribution is 5.95. The molecule has 1 aromatic carbocycles. The molecule has 0 radical (unpaired) electrons. The van der Waals surface area contributed by atoms with Crippen LogP contribution < -0.4 is 4.74 Å². The van der Waals surface area contributed by atoms with Crippen LogP contribution in [0.3, 0.4) is 0 Å². The van der Waals surface area contributed by atoms with Gasteiger partial charge in [-0.25, -0.2) is 4.68 Å². The third-order valence-electron chi connectivity index (χ3n) is 5.51. The lowest BCUT2D eigenvalue weighted by molar-refractivity contribution is -0.151. The van der Waals surface area contributed by atoms with Crippen molar-refractivity contribution in [3.05, 3.63) is 35.7 Å². The number of amides is 2. The Morgan fingerprint density at radius 3 is 2.78 bits per heavy atom. The van der Waals surface area contributed by atoms with Crippen molar-refractivity contribution in [3.8, 4) is 11.4 Å². The predicted octanol–water partition coefficient (Wildman–Crippen LogP) is 1.46. The quantitative estimate of drug-likeness (QED) is 0.596. The summed E-state index contributed by atoms with van der Waals surface area (Å²) in [4.78, 5) is 40.7. The summed E-state index contributed by atoms with van der Waals surface area (Å²) in [6.45, 7) is 4.58. The van der Waals surface area contributed by atoms with E-state index in [2.05, 4.69) is 10.3 Å². The maximum absolute atomic E-state index is 12.9. The molecule has 3 rings (SSSR count). The number of carbonyl (C=O) groups excluding carboxylic acids is 3. The average molecular weight is 444 g/mol. The van der Waals surface area contributed by atoms with Crippen molar-refractivity contribution in [2.24, 2.45) is 5.92 Å². The lowest BCUT2D eigenvalue weighted by atomic mass is 9.98. The second kappa shape index (κ2) is 10.3. The number of hydrogen-bond acceptors (Lipinski definition) is 7. The highest BCUT2D eigenvalue weighted by atomic mass is 16.5. The summed E-state index contributed by atoms with van der Waals surface area (Å²) in [5.74, 6) is -0.551. The lowest BCUT2D eigenvalue weighted by Crippen LogP contribution is -2.47. The topological polar surface area (TPSA) is 107 Å². The number of rotatable bonds is 7. The Morgan fingerprint density at radius 2 is 2.06 bits per heavy atom. The molecule has 0 N–H and O–H groups in total. The molecule has 1 unspecified atom stereocenters. The van der Waals surface area contributed by atoms with Gasteiger partial charge in [0.2, 0.25) is 5.91 Å². The molecular weight excluding hydrogens is 414 g/mol. The van der Waals surface area contributed by atoms with E-state index in [9.17, 15) is 14.4 Å². The Bertz CT molecular complexity index is 989. The van der Waals surface area contributed by atoms with Crippen LogP contribution in [0.15, 0.2) is 24.3 Å². The minimum absolute atomic E-state index is 0.111. The molecule has 0 spiro atoms. The second-order valence-corrected chi connectivity index (χ2v) is 7.73. The molecule has 10 nitrogen and oxygen atoms in total. The van der Waals surface area contributed by atoms with E-state index in [1.165, 1.54) is 4.90 Å². The smallest absolute Gasteiger partial charge is 0.310 e. The summed E-state index contributed by atoms with van der Waals surface area (Å²) in [7, 11) is 3.13. The lowest BCUT2D eigenvalue weighted by Gasteiger charge is -2.32. The normalized spacial score (nSPS) is 15.9. The average Bonchev–Trinajstić information content (AvgIpc) is 3.19. The Morgan fingerprint density at radius 1 is 1.28 bits per heavy atom. The van der Waals surface area contributed by atoms with Crippen molar-refractivity contribution in [2.75, 3.05) is 40.4 Å². The van der Waals surface area contributed by atoms with Crippen LogP contribution in [-0.4, -0.2) is 83.0 Å². The highest BCUT2D eigenvalue weighted by Crippen LogP contribution is 2.20. The molecule has 10 heteroatoms. The van der Waals surface area contributed by atoms with Gasteiger partial charge in [-0.05, 0) is 38.8 Å². The third kappa shape index (κ3) is 5.06. The van der Waals surface area contributed by atoms with Gasteiger partial charge in [-0.1, -0.05) is 11.3 Å². The largest absolute Gasteiger partial charge is 0.497 e. The number of ether oxygens (including phenoxy) is 2. The molecule has 32 heavy (non-hydrogen) atoms. The van der Waals surface area contributed by atoms with Crippen LogP contribution >= 0.6 is 0 Å². The molecule has 2 aromatic rings. The fourth-order valence-corrected chi connectivity index (χ4v) is 3.73. The Hall–Kier alpha value is -3.43. The molecule has 0 aliphatic carbocycles. The zero-order chi connectivity index (χ0) is 23.3. The number of benzene rings is 1. The van der Waals surface area contributed by atoms with E-state index < -0.39 is 5.91 Å². The fraction of sp³-hybridized carbons (Fsp3) is 0.500. The summed E-state index contributed by atoms with van der Waals surface area (Å²) < 4.78 is 11.9. The van der Waals surface area contributed by atoms with Crippen LogP contribution in [0.2, 0.25) is 0 Å². The molecule has 1 saturated heterocycles. The van der Waals surface area contributed by atoms with E-state index >= 15 is 0 Å². The number of aromatic nitrogens is 3. The maximum Gasteiger partial charge on any atom is 0.310 e.